The van der Waals surface area contributed by atoms with Gasteiger partial charge < -0.3 is 15.0 Å². The van der Waals surface area contributed by atoms with E-state index < -0.39 is 10.0 Å². The van der Waals surface area contributed by atoms with Crippen molar-refractivity contribution < 1.29 is 22.8 Å². The van der Waals surface area contributed by atoms with Gasteiger partial charge in [0.05, 0.1) is 11.9 Å². The molecule has 2 aromatic rings. The smallest absolute Gasteiger partial charge is 0.279 e. The minimum absolute atomic E-state index is 0.127. The Morgan fingerprint density at radius 3 is 2.38 bits per heavy atom. The van der Waals surface area contributed by atoms with E-state index >= 15 is 0 Å². The molecule has 2 N–H and O–H groups in total. The first-order chi connectivity index (χ1) is 13.9. The Labute approximate surface area is 172 Å². The van der Waals surface area contributed by atoms with Gasteiger partial charge in [-0.15, -0.1) is 0 Å². The molecular formula is C21H28N3O4S+. The Morgan fingerprint density at radius 2 is 1.72 bits per heavy atom. The zero-order valence-corrected chi connectivity index (χ0v) is 17.5. The first-order valence-electron chi connectivity index (χ1n) is 9.84. The second kappa shape index (κ2) is 9.87. The van der Waals surface area contributed by atoms with Crippen LogP contribution in [-0.2, 0) is 14.8 Å². The monoisotopic (exact) mass is 418 g/mol. The number of rotatable bonds is 9. The number of para-hydroxylation sites is 1. The summed E-state index contributed by atoms with van der Waals surface area (Å²) >= 11 is 0. The van der Waals surface area contributed by atoms with Gasteiger partial charge in [0.15, 0.2) is 6.54 Å². The molecule has 1 unspecified atom stereocenters. The number of nitrogens with zero attached hydrogens (tertiary/aromatic N) is 1. The molecule has 1 saturated heterocycles. The van der Waals surface area contributed by atoms with Gasteiger partial charge in [-0.05, 0) is 49.2 Å². The van der Waals surface area contributed by atoms with Crippen molar-refractivity contribution in [2.45, 2.75) is 17.7 Å². The number of carbonyl (C=O) groups excluding carboxylic acids is 1. The molecule has 7 nitrogen and oxygen atoms in total. The lowest BCUT2D eigenvalue weighted by molar-refractivity contribution is -0.871. The average molecular weight is 419 g/mol. The third kappa shape index (κ3) is 6.03. The molecule has 2 aromatic carbocycles. The SMILES string of the molecule is C[NH+](CCOc1ccccc1)CC(=O)Nc1ccc(S(=O)(=O)N2CCCC2)cc1. The Bertz CT molecular complexity index is 895. The lowest BCUT2D eigenvalue weighted by atomic mass is 10.3. The number of anilines is 1. The molecule has 1 heterocycles. The normalized spacial score (nSPS) is 15.8. The van der Waals surface area contributed by atoms with Crippen LogP contribution in [-0.4, -0.2) is 58.5 Å². The molecule has 0 bridgehead atoms. The van der Waals surface area contributed by atoms with Crippen molar-refractivity contribution in [1.82, 2.24) is 4.31 Å². The third-order valence-corrected chi connectivity index (χ3v) is 6.76. The summed E-state index contributed by atoms with van der Waals surface area (Å²) in [6, 6.07) is 15.9. The lowest BCUT2D eigenvalue weighted by Crippen LogP contribution is -3.10. The van der Waals surface area contributed by atoms with Gasteiger partial charge in [0.1, 0.15) is 18.9 Å². The van der Waals surface area contributed by atoms with Gasteiger partial charge in [-0.1, -0.05) is 18.2 Å². The fourth-order valence-electron chi connectivity index (χ4n) is 3.22. The van der Waals surface area contributed by atoms with E-state index in [0.717, 1.165) is 23.5 Å². The largest absolute Gasteiger partial charge is 0.488 e. The van der Waals surface area contributed by atoms with Crippen molar-refractivity contribution in [3.63, 3.8) is 0 Å². The van der Waals surface area contributed by atoms with E-state index in [0.29, 0.717) is 38.5 Å². The number of quaternary nitrogens is 1. The Kier molecular flexibility index (Phi) is 7.24. The number of hydrogen-bond acceptors (Lipinski definition) is 4. The zero-order chi connectivity index (χ0) is 20.7. The Hall–Kier alpha value is -2.42. The molecule has 1 fully saturated rings. The fraction of sp³-hybridized carbons (Fsp3) is 0.381. The molecule has 156 valence electrons. The summed E-state index contributed by atoms with van der Waals surface area (Å²) in [5.41, 5.74) is 0.587. The maximum Gasteiger partial charge on any atom is 0.279 e. The van der Waals surface area contributed by atoms with Gasteiger partial charge in [-0.3, -0.25) is 4.79 Å². The maximum atomic E-state index is 12.5. The van der Waals surface area contributed by atoms with Crippen LogP contribution >= 0.6 is 0 Å². The van der Waals surface area contributed by atoms with Crippen LogP contribution < -0.4 is 15.0 Å². The van der Waals surface area contributed by atoms with Crippen molar-refractivity contribution in [3.05, 3.63) is 54.6 Å². The second-order valence-corrected chi connectivity index (χ2v) is 9.17. The molecular weight excluding hydrogens is 390 g/mol. The quantitative estimate of drug-likeness (QED) is 0.637. The topological polar surface area (TPSA) is 80.1 Å². The number of nitrogens with one attached hydrogen (secondary N) is 2. The molecule has 0 radical (unpaired) electrons. The van der Waals surface area contributed by atoms with E-state index in [-0.39, 0.29) is 10.8 Å². The van der Waals surface area contributed by atoms with E-state index in [9.17, 15) is 13.2 Å². The molecule has 0 aliphatic carbocycles. The fourth-order valence-corrected chi connectivity index (χ4v) is 4.73. The van der Waals surface area contributed by atoms with E-state index in [1.54, 1.807) is 24.3 Å². The highest BCUT2D eigenvalue weighted by molar-refractivity contribution is 7.89. The number of carbonyl (C=O) groups is 1. The molecule has 1 atom stereocenters. The summed E-state index contributed by atoms with van der Waals surface area (Å²) in [5, 5.41) is 2.82. The number of sulfonamides is 1. The summed E-state index contributed by atoms with van der Waals surface area (Å²) in [4.78, 5) is 13.5. The highest BCUT2D eigenvalue weighted by Gasteiger charge is 2.26. The van der Waals surface area contributed by atoms with Crippen molar-refractivity contribution in [3.8, 4) is 5.75 Å². The van der Waals surface area contributed by atoms with Crippen LogP contribution in [0.25, 0.3) is 0 Å². The van der Waals surface area contributed by atoms with E-state index in [1.807, 2.05) is 37.4 Å². The standard InChI is InChI=1S/C21H27N3O4S/c1-23(15-16-28-19-7-3-2-4-8-19)17-21(25)22-18-9-11-20(12-10-18)29(26,27)24-13-5-6-14-24/h2-4,7-12H,5-6,13-17H2,1H3,(H,22,25)/p+1. The zero-order valence-electron chi connectivity index (χ0n) is 16.6. The van der Waals surface area contributed by atoms with Crippen LogP contribution in [0.2, 0.25) is 0 Å². The average Bonchev–Trinajstić information content (AvgIpc) is 3.25. The van der Waals surface area contributed by atoms with Crippen molar-refractivity contribution in [2.75, 3.05) is 45.2 Å². The van der Waals surface area contributed by atoms with Crippen LogP contribution in [0.3, 0.4) is 0 Å². The summed E-state index contributed by atoms with van der Waals surface area (Å²) in [6.07, 6.45) is 1.80. The number of likely N-dealkylation sites (N-methyl/N-ethyl adjacent to an activating group) is 1. The van der Waals surface area contributed by atoms with Gasteiger partial charge >= 0.3 is 0 Å². The van der Waals surface area contributed by atoms with E-state index in [4.69, 9.17) is 4.74 Å². The Morgan fingerprint density at radius 1 is 1.07 bits per heavy atom. The molecule has 1 amide bonds. The summed E-state index contributed by atoms with van der Waals surface area (Å²) in [5.74, 6) is 0.686. The van der Waals surface area contributed by atoms with Gasteiger partial charge in [0.25, 0.3) is 5.91 Å². The molecule has 0 spiro atoms. The third-order valence-electron chi connectivity index (χ3n) is 4.84. The summed E-state index contributed by atoms with van der Waals surface area (Å²) in [6.45, 7) is 2.65. The van der Waals surface area contributed by atoms with Crippen LogP contribution in [0.4, 0.5) is 5.69 Å². The number of benzene rings is 2. The van der Waals surface area contributed by atoms with Gasteiger partial charge in [-0.2, -0.15) is 4.31 Å². The van der Waals surface area contributed by atoms with Crippen LogP contribution in [0, 0.1) is 0 Å². The van der Waals surface area contributed by atoms with Crippen molar-refractivity contribution >= 4 is 21.6 Å². The molecule has 1 aliphatic heterocycles. The van der Waals surface area contributed by atoms with Gasteiger partial charge in [0.2, 0.25) is 10.0 Å². The molecule has 0 saturated carbocycles. The second-order valence-electron chi connectivity index (χ2n) is 7.23. The van der Waals surface area contributed by atoms with Crippen LogP contribution in [0.15, 0.2) is 59.5 Å². The van der Waals surface area contributed by atoms with Crippen LogP contribution in [0.5, 0.6) is 5.75 Å². The first kappa shape index (κ1) is 21.3. The molecule has 3 rings (SSSR count). The number of hydrogen-bond donors (Lipinski definition) is 2. The highest BCUT2D eigenvalue weighted by atomic mass is 32.2. The molecule has 29 heavy (non-hydrogen) atoms. The van der Waals surface area contributed by atoms with E-state index in [2.05, 4.69) is 5.32 Å². The van der Waals surface area contributed by atoms with Gasteiger partial charge in [0, 0.05) is 18.8 Å². The number of ether oxygens (including phenoxy) is 1. The summed E-state index contributed by atoms with van der Waals surface area (Å²) in [7, 11) is -1.50. The predicted octanol–water partition coefficient (Wildman–Crippen LogP) is 1.00. The van der Waals surface area contributed by atoms with E-state index in [1.165, 1.54) is 4.31 Å². The minimum atomic E-state index is -3.43. The Balaban J connectivity index is 1.45. The van der Waals surface area contributed by atoms with Crippen molar-refractivity contribution in [1.29, 1.82) is 0 Å². The summed E-state index contributed by atoms with van der Waals surface area (Å²) < 4.78 is 32.2. The van der Waals surface area contributed by atoms with Crippen LogP contribution in [0.1, 0.15) is 12.8 Å². The number of amides is 1. The molecule has 8 heteroatoms. The highest BCUT2D eigenvalue weighted by Crippen LogP contribution is 2.22. The lowest BCUT2D eigenvalue weighted by Gasteiger charge is -2.16. The van der Waals surface area contributed by atoms with Gasteiger partial charge in [-0.25, -0.2) is 8.42 Å². The molecule has 1 aliphatic rings. The van der Waals surface area contributed by atoms with Crippen molar-refractivity contribution in [2.24, 2.45) is 0 Å². The maximum absolute atomic E-state index is 12.5. The minimum Gasteiger partial charge on any atom is -0.488 e. The first-order valence-corrected chi connectivity index (χ1v) is 11.3. The molecule has 0 aromatic heterocycles. The predicted molar refractivity (Wildman–Crippen MR) is 112 cm³/mol.